The van der Waals surface area contributed by atoms with Crippen molar-refractivity contribution in [2.24, 2.45) is 0 Å². The fourth-order valence-electron chi connectivity index (χ4n) is 4.75. The minimum atomic E-state index is -0.651. The zero-order valence-corrected chi connectivity index (χ0v) is 20.3. The average Bonchev–Trinajstić information content (AvgIpc) is 3.36. The van der Waals surface area contributed by atoms with E-state index in [-0.39, 0.29) is 17.6 Å². The molecule has 4 nitrogen and oxygen atoms in total. The zero-order chi connectivity index (χ0) is 24.0. The lowest BCUT2D eigenvalue weighted by Gasteiger charge is -2.40. The zero-order valence-electron chi connectivity index (χ0n) is 19.5. The number of esters is 1. The number of carbonyl (C=O) groups excluding carboxylic acids is 2. The Bertz CT molecular complexity index is 1100. The highest BCUT2D eigenvalue weighted by atomic mass is 32.1. The SMILES string of the molecule is CCOC(=O)C1(c2ccsc2-c2ccccc2)CCN(CCCC(=O)c2ccc(F)cc2)CC1. The van der Waals surface area contributed by atoms with E-state index in [1.54, 1.807) is 11.3 Å². The van der Waals surface area contributed by atoms with Gasteiger partial charge in [0.05, 0.1) is 12.0 Å². The minimum absolute atomic E-state index is 0.0312. The second kappa shape index (κ2) is 11.1. The van der Waals surface area contributed by atoms with Crippen LogP contribution < -0.4 is 0 Å². The van der Waals surface area contributed by atoms with Gasteiger partial charge in [-0.25, -0.2) is 4.39 Å². The summed E-state index contributed by atoms with van der Waals surface area (Å²) in [4.78, 5) is 29.1. The largest absolute Gasteiger partial charge is 0.465 e. The standard InChI is InChI=1S/C28H30FNO3S/c1-2-33-27(32)28(24-14-20-34-26(24)22-7-4-3-5-8-22)15-18-30(19-16-28)17-6-9-25(31)21-10-12-23(29)13-11-21/h3-5,7-8,10-14,20H,2,6,9,15-19H2,1H3. The molecule has 0 radical (unpaired) electrons. The van der Waals surface area contributed by atoms with Crippen LogP contribution in [0.25, 0.3) is 10.4 Å². The highest BCUT2D eigenvalue weighted by molar-refractivity contribution is 7.13. The molecule has 2 aromatic carbocycles. The molecule has 1 aliphatic heterocycles. The Balaban J connectivity index is 1.42. The number of benzene rings is 2. The second-order valence-corrected chi connectivity index (χ2v) is 9.62. The molecule has 0 unspecified atom stereocenters. The second-order valence-electron chi connectivity index (χ2n) is 8.71. The summed E-state index contributed by atoms with van der Waals surface area (Å²) >= 11 is 1.66. The molecule has 1 fully saturated rings. The molecule has 0 N–H and O–H groups in total. The molecule has 178 valence electrons. The first-order valence-corrected chi connectivity index (χ1v) is 12.7. The van der Waals surface area contributed by atoms with Gasteiger partial charge in [0.1, 0.15) is 5.82 Å². The fraction of sp³-hybridized carbons (Fsp3) is 0.357. The molecule has 0 aliphatic carbocycles. The molecule has 4 rings (SSSR count). The number of nitrogens with zero attached hydrogens (tertiary/aromatic N) is 1. The van der Waals surface area contributed by atoms with Crippen LogP contribution in [0.2, 0.25) is 0 Å². The third kappa shape index (κ3) is 5.29. The van der Waals surface area contributed by atoms with Crippen LogP contribution in [0, 0.1) is 5.82 Å². The Morgan fingerprint density at radius 2 is 1.74 bits per heavy atom. The van der Waals surface area contributed by atoms with Crippen molar-refractivity contribution in [3.05, 3.63) is 83.0 Å². The molecule has 2 heterocycles. The maximum atomic E-state index is 13.3. The van der Waals surface area contributed by atoms with E-state index in [4.69, 9.17) is 4.74 Å². The molecule has 0 atom stereocenters. The van der Waals surface area contributed by atoms with Gasteiger partial charge in [0, 0.05) is 16.9 Å². The molecule has 3 aromatic rings. The van der Waals surface area contributed by atoms with Crippen molar-refractivity contribution in [2.45, 2.75) is 38.0 Å². The number of piperidine rings is 1. The molecule has 0 amide bonds. The number of hydrogen-bond acceptors (Lipinski definition) is 5. The van der Waals surface area contributed by atoms with Crippen molar-refractivity contribution >= 4 is 23.1 Å². The summed E-state index contributed by atoms with van der Waals surface area (Å²) in [5.74, 6) is -0.448. The molecular formula is C28H30FNO3S. The molecule has 1 aromatic heterocycles. The molecule has 0 bridgehead atoms. The molecular weight excluding hydrogens is 449 g/mol. The van der Waals surface area contributed by atoms with E-state index in [0.29, 0.717) is 31.4 Å². The molecule has 1 saturated heterocycles. The summed E-state index contributed by atoms with van der Waals surface area (Å²) in [6.45, 7) is 4.55. The Morgan fingerprint density at radius 1 is 1.03 bits per heavy atom. The van der Waals surface area contributed by atoms with Gasteiger partial charge >= 0.3 is 5.97 Å². The van der Waals surface area contributed by atoms with Gasteiger partial charge in [-0.1, -0.05) is 30.3 Å². The summed E-state index contributed by atoms with van der Waals surface area (Å²) < 4.78 is 18.7. The van der Waals surface area contributed by atoms with Crippen molar-refractivity contribution < 1.29 is 18.7 Å². The third-order valence-electron chi connectivity index (χ3n) is 6.64. The smallest absolute Gasteiger partial charge is 0.316 e. The summed E-state index contributed by atoms with van der Waals surface area (Å²) in [5.41, 5.74) is 2.08. The van der Waals surface area contributed by atoms with E-state index < -0.39 is 5.41 Å². The lowest BCUT2D eigenvalue weighted by atomic mass is 9.72. The van der Waals surface area contributed by atoms with Crippen LogP contribution in [0.1, 0.15) is 48.5 Å². The normalized spacial score (nSPS) is 15.7. The Hall–Kier alpha value is -2.83. The monoisotopic (exact) mass is 479 g/mol. The maximum Gasteiger partial charge on any atom is 0.316 e. The van der Waals surface area contributed by atoms with Gasteiger partial charge in [-0.15, -0.1) is 11.3 Å². The number of likely N-dealkylation sites (tertiary alicyclic amines) is 1. The van der Waals surface area contributed by atoms with Crippen molar-refractivity contribution in [3.63, 3.8) is 0 Å². The number of hydrogen-bond donors (Lipinski definition) is 0. The van der Waals surface area contributed by atoms with Crippen molar-refractivity contribution in [1.29, 1.82) is 0 Å². The van der Waals surface area contributed by atoms with Crippen LogP contribution >= 0.6 is 11.3 Å². The fourth-order valence-corrected chi connectivity index (χ4v) is 5.76. The van der Waals surface area contributed by atoms with Gasteiger partial charge in [-0.3, -0.25) is 9.59 Å². The lowest BCUT2D eigenvalue weighted by Crippen LogP contribution is -2.48. The van der Waals surface area contributed by atoms with E-state index >= 15 is 0 Å². The number of halogens is 1. The molecule has 6 heteroatoms. The Kier molecular flexibility index (Phi) is 7.91. The topological polar surface area (TPSA) is 46.6 Å². The van der Waals surface area contributed by atoms with Crippen molar-refractivity contribution in [1.82, 2.24) is 4.90 Å². The average molecular weight is 480 g/mol. The van der Waals surface area contributed by atoms with E-state index in [1.807, 2.05) is 25.1 Å². The first-order chi connectivity index (χ1) is 16.5. The number of thiophene rings is 1. The van der Waals surface area contributed by atoms with Crippen LogP contribution in [0.4, 0.5) is 4.39 Å². The van der Waals surface area contributed by atoms with Gasteiger partial charge in [0.15, 0.2) is 5.78 Å². The summed E-state index contributed by atoms with van der Waals surface area (Å²) in [6.07, 6.45) is 2.53. The van der Waals surface area contributed by atoms with E-state index in [0.717, 1.165) is 42.1 Å². The summed E-state index contributed by atoms with van der Waals surface area (Å²) in [6, 6.07) is 18.0. The van der Waals surface area contributed by atoms with Crippen LogP contribution in [0.3, 0.4) is 0 Å². The van der Waals surface area contributed by atoms with Crippen molar-refractivity contribution in [3.8, 4) is 10.4 Å². The maximum absolute atomic E-state index is 13.3. The van der Waals surface area contributed by atoms with Crippen molar-refractivity contribution in [2.75, 3.05) is 26.2 Å². The van der Waals surface area contributed by atoms with Gasteiger partial charge in [-0.2, -0.15) is 0 Å². The Labute approximate surface area is 204 Å². The minimum Gasteiger partial charge on any atom is -0.465 e. The van der Waals surface area contributed by atoms with Gasteiger partial charge in [0.25, 0.3) is 0 Å². The summed E-state index contributed by atoms with van der Waals surface area (Å²) in [5, 5.41) is 2.06. The van der Waals surface area contributed by atoms with Crippen LogP contribution in [0.5, 0.6) is 0 Å². The highest BCUT2D eigenvalue weighted by Crippen LogP contribution is 2.44. The van der Waals surface area contributed by atoms with Gasteiger partial charge < -0.3 is 9.64 Å². The number of ketones is 1. The predicted molar refractivity (Wildman–Crippen MR) is 134 cm³/mol. The van der Waals surface area contributed by atoms with E-state index in [9.17, 15) is 14.0 Å². The predicted octanol–water partition coefficient (Wildman–Crippen LogP) is 6.11. The van der Waals surface area contributed by atoms with Gasteiger partial charge in [-0.05, 0) is 92.7 Å². The van der Waals surface area contributed by atoms with Crippen LogP contribution in [0.15, 0.2) is 66.0 Å². The highest BCUT2D eigenvalue weighted by Gasteiger charge is 2.46. The van der Waals surface area contributed by atoms with Crippen LogP contribution in [-0.4, -0.2) is 42.9 Å². The first-order valence-electron chi connectivity index (χ1n) is 11.9. The number of rotatable bonds is 9. The number of Topliss-reactive ketones (excluding diaryl/α,β-unsaturated/α-hetero) is 1. The summed E-state index contributed by atoms with van der Waals surface area (Å²) in [7, 11) is 0. The van der Waals surface area contributed by atoms with E-state index in [2.05, 4.69) is 28.5 Å². The number of ether oxygens (including phenoxy) is 1. The molecule has 34 heavy (non-hydrogen) atoms. The van der Waals surface area contributed by atoms with Gasteiger partial charge in [0.2, 0.25) is 0 Å². The Morgan fingerprint density at radius 3 is 2.41 bits per heavy atom. The van der Waals surface area contributed by atoms with Crippen LogP contribution in [-0.2, 0) is 14.9 Å². The first kappa shape index (κ1) is 24.3. The number of carbonyl (C=O) groups is 2. The molecule has 1 aliphatic rings. The third-order valence-corrected chi connectivity index (χ3v) is 7.60. The quantitative estimate of drug-likeness (QED) is 0.274. The molecule has 0 spiro atoms. The van der Waals surface area contributed by atoms with E-state index in [1.165, 1.54) is 24.3 Å². The lowest BCUT2D eigenvalue weighted by molar-refractivity contribution is -0.152. The molecule has 0 saturated carbocycles.